The van der Waals surface area contributed by atoms with E-state index in [1.54, 1.807) is 12.1 Å². The molecule has 0 aromatic heterocycles. The number of piperidine rings is 1. The number of carbonyl (C=O) groups excluding carboxylic acids is 2. The molecule has 0 bridgehead atoms. The average molecular weight is 395 g/mol. The number of urea groups is 1. The van der Waals surface area contributed by atoms with Crippen molar-refractivity contribution < 1.29 is 19.1 Å². The van der Waals surface area contributed by atoms with E-state index in [-0.39, 0.29) is 17.9 Å². The normalized spacial score (nSPS) is 19.4. The molecule has 2 aromatic rings. The molecule has 2 N–H and O–H groups in total. The fourth-order valence-electron chi connectivity index (χ4n) is 3.72. The Kier molecular flexibility index (Phi) is 5.95. The standard InChI is InChI=1S/C22H25N3O4/c26-21(24-22(27)23-17-6-2-1-3-7-17)16-10-12-25(13-11-16)14-18-15-28-19-8-4-5-9-20(19)29-18/h1-9,16,18H,10-15H2,(H2,23,24,26,27). The molecule has 7 heteroatoms. The zero-order chi connectivity index (χ0) is 20.1. The molecule has 1 saturated heterocycles. The van der Waals surface area contributed by atoms with Crippen molar-refractivity contribution in [2.75, 3.05) is 31.6 Å². The van der Waals surface area contributed by atoms with Gasteiger partial charge in [0.15, 0.2) is 11.5 Å². The van der Waals surface area contributed by atoms with Crippen molar-refractivity contribution in [1.82, 2.24) is 10.2 Å². The van der Waals surface area contributed by atoms with E-state index in [4.69, 9.17) is 9.47 Å². The van der Waals surface area contributed by atoms with Crippen LogP contribution in [-0.2, 0) is 4.79 Å². The predicted octanol–water partition coefficient (Wildman–Crippen LogP) is 2.89. The van der Waals surface area contributed by atoms with Crippen molar-refractivity contribution in [3.63, 3.8) is 0 Å². The van der Waals surface area contributed by atoms with Gasteiger partial charge >= 0.3 is 6.03 Å². The second-order valence-corrected chi connectivity index (χ2v) is 7.38. The molecule has 29 heavy (non-hydrogen) atoms. The number of hydrogen-bond donors (Lipinski definition) is 2. The Morgan fingerprint density at radius 1 is 0.966 bits per heavy atom. The lowest BCUT2D eigenvalue weighted by molar-refractivity contribution is -0.125. The third kappa shape index (κ3) is 5.06. The molecule has 152 valence electrons. The van der Waals surface area contributed by atoms with Gasteiger partial charge in [0.1, 0.15) is 12.7 Å². The summed E-state index contributed by atoms with van der Waals surface area (Å²) >= 11 is 0. The van der Waals surface area contributed by atoms with Crippen LogP contribution in [-0.4, -0.2) is 49.2 Å². The van der Waals surface area contributed by atoms with Crippen LogP contribution in [0, 0.1) is 5.92 Å². The molecule has 0 radical (unpaired) electrons. The number of imide groups is 1. The Hall–Kier alpha value is -3.06. The first-order valence-electron chi connectivity index (χ1n) is 9.95. The maximum Gasteiger partial charge on any atom is 0.325 e. The van der Waals surface area contributed by atoms with E-state index in [9.17, 15) is 9.59 Å². The van der Waals surface area contributed by atoms with Gasteiger partial charge in [-0.3, -0.25) is 15.0 Å². The number of likely N-dealkylation sites (tertiary alicyclic amines) is 1. The van der Waals surface area contributed by atoms with Crippen LogP contribution < -0.4 is 20.1 Å². The van der Waals surface area contributed by atoms with Crippen LogP contribution in [0.3, 0.4) is 0 Å². The number of nitrogens with one attached hydrogen (secondary N) is 2. The van der Waals surface area contributed by atoms with Crippen LogP contribution in [0.5, 0.6) is 11.5 Å². The van der Waals surface area contributed by atoms with E-state index < -0.39 is 6.03 Å². The van der Waals surface area contributed by atoms with E-state index in [0.717, 1.165) is 31.1 Å². The quantitative estimate of drug-likeness (QED) is 0.832. The molecule has 1 atom stereocenters. The molecule has 0 spiro atoms. The van der Waals surface area contributed by atoms with Gasteiger partial charge in [0.05, 0.1) is 0 Å². The lowest BCUT2D eigenvalue weighted by Gasteiger charge is -2.35. The number of ether oxygens (including phenoxy) is 2. The molecular weight excluding hydrogens is 370 g/mol. The third-order valence-electron chi connectivity index (χ3n) is 5.26. The van der Waals surface area contributed by atoms with Crippen molar-refractivity contribution in [3.8, 4) is 11.5 Å². The maximum atomic E-state index is 12.4. The predicted molar refractivity (Wildman–Crippen MR) is 109 cm³/mol. The minimum Gasteiger partial charge on any atom is -0.486 e. The molecule has 2 heterocycles. The van der Waals surface area contributed by atoms with Crippen molar-refractivity contribution in [3.05, 3.63) is 54.6 Å². The van der Waals surface area contributed by atoms with Crippen molar-refractivity contribution >= 4 is 17.6 Å². The molecule has 1 fully saturated rings. The summed E-state index contributed by atoms with van der Waals surface area (Å²) in [5, 5.41) is 5.12. The van der Waals surface area contributed by atoms with Gasteiger partial charge < -0.3 is 14.8 Å². The summed E-state index contributed by atoms with van der Waals surface area (Å²) in [6.07, 6.45) is 1.41. The lowest BCUT2D eigenvalue weighted by Crippen LogP contribution is -2.47. The monoisotopic (exact) mass is 395 g/mol. The smallest absolute Gasteiger partial charge is 0.325 e. The highest BCUT2D eigenvalue weighted by Gasteiger charge is 2.29. The minimum atomic E-state index is -0.491. The largest absolute Gasteiger partial charge is 0.486 e. The third-order valence-corrected chi connectivity index (χ3v) is 5.26. The minimum absolute atomic E-state index is 0.0214. The van der Waals surface area contributed by atoms with E-state index in [2.05, 4.69) is 15.5 Å². The van der Waals surface area contributed by atoms with Gasteiger partial charge in [-0.15, -0.1) is 0 Å². The number of amides is 3. The molecule has 4 rings (SSSR count). The summed E-state index contributed by atoms with van der Waals surface area (Å²) in [5.41, 5.74) is 0.656. The van der Waals surface area contributed by atoms with Crippen molar-refractivity contribution in [1.29, 1.82) is 0 Å². The van der Waals surface area contributed by atoms with Crippen LogP contribution in [0.1, 0.15) is 12.8 Å². The summed E-state index contributed by atoms with van der Waals surface area (Å²) < 4.78 is 11.8. The van der Waals surface area contributed by atoms with E-state index in [1.807, 2.05) is 42.5 Å². The molecule has 3 amide bonds. The van der Waals surface area contributed by atoms with E-state index >= 15 is 0 Å². The Morgan fingerprint density at radius 3 is 2.41 bits per heavy atom. The van der Waals surface area contributed by atoms with E-state index in [0.29, 0.717) is 25.1 Å². The van der Waals surface area contributed by atoms with Gasteiger partial charge in [-0.2, -0.15) is 0 Å². The topological polar surface area (TPSA) is 79.9 Å². The van der Waals surface area contributed by atoms with Gasteiger partial charge in [0.25, 0.3) is 0 Å². The summed E-state index contributed by atoms with van der Waals surface area (Å²) in [6.45, 7) is 2.87. The SMILES string of the molecule is O=C(NC(=O)C1CCN(CC2COc3ccccc3O2)CC1)Nc1ccccc1. The number of benzene rings is 2. The Labute approximate surface area is 170 Å². The second-order valence-electron chi connectivity index (χ2n) is 7.38. The zero-order valence-electron chi connectivity index (χ0n) is 16.2. The molecule has 7 nitrogen and oxygen atoms in total. The highest BCUT2D eigenvalue weighted by atomic mass is 16.6. The Morgan fingerprint density at radius 2 is 1.66 bits per heavy atom. The van der Waals surface area contributed by atoms with Crippen molar-refractivity contribution in [2.24, 2.45) is 5.92 Å². The van der Waals surface area contributed by atoms with Gasteiger partial charge in [0, 0.05) is 18.2 Å². The van der Waals surface area contributed by atoms with Crippen LogP contribution in [0.15, 0.2) is 54.6 Å². The molecule has 2 aromatic carbocycles. The highest BCUT2D eigenvalue weighted by molar-refractivity contribution is 6.01. The molecule has 2 aliphatic heterocycles. The van der Waals surface area contributed by atoms with Crippen LogP contribution in [0.2, 0.25) is 0 Å². The summed E-state index contributed by atoms with van der Waals surface area (Å²) in [5.74, 6) is 1.19. The van der Waals surface area contributed by atoms with Crippen LogP contribution >= 0.6 is 0 Å². The van der Waals surface area contributed by atoms with Crippen LogP contribution in [0.25, 0.3) is 0 Å². The number of nitrogens with zero attached hydrogens (tertiary/aromatic N) is 1. The fraction of sp³-hybridized carbons (Fsp3) is 0.364. The fourth-order valence-corrected chi connectivity index (χ4v) is 3.72. The Balaban J connectivity index is 1.20. The molecule has 0 saturated carbocycles. The first-order valence-corrected chi connectivity index (χ1v) is 9.95. The van der Waals surface area contributed by atoms with Gasteiger partial charge in [-0.25, -0.2) is 4.79 Å². The molecule has 0 aliphatic carbocycles. The number of fused-ring (bicyclic) bond motifs is 1. The zero-order valence-corrected chi connectivity index (χ0v) is 16.2. The van der Waals surface area contributed by atoms with Gasteiger partial charge in [-0.1, -0.05) is 30.3 Å². The maximum absolute atomic E-state index is 12.4. The number of para-hydroxylation sites is 3. The summed E-state index contributed by atoms with van der Waals surface area (Å²) in [6, 6.07) is 16.3. The summed E-state index contributed by atoms with van der Waals surface area (Å²) in [7, 11) is 0. The lowest BCUT2D eigenvalue weighted by atomic mass is 9.95. The number of rotatable bonds is 4. The summed E-state index contributed by atoms with van der Waals surface area (Å²) in [4.78, 5) is 26.7. The number of carbonyl (C=O) groups is 2. The van der Waals surface area contributed by atoms with Gasteiger partial charge in [-0.05, 0) is 50.2 Å². The van der Waals surface area contributed by atoms with Gasteiger partial charge in [0.2, 0.25) is 5.91 Å². The van der Waals surface area contributed by atoms with Crippen LogP contribution in [0.4, 0.5) is 10.5 Å². The van der Waals surface area contributed by atoms with E-state index in [1.165, 1.54) is 0 Å². The first kappa shape index (κ1) is 19.3. The average Bonchev–Trinajstić information content (AvgIpc) is 2.75. The first-order chi connectivity index (χ1) is 14.2. The number of anilines is 1. The second kappa shape index (κ2) is 8.96. The molecular formula is C22H25N3O4. The Bertz CT molecular complexity index is 850. The highest BCUT2D eigenvalue weighted by Crippen LogP contribution is 2.31. The molecule has 1 unspecified atom stereocenters. The molecule has 2 aliphatic rings. The number of hydrogen-bond acceptors (Lipinski definition) is 5. The van der Waals surface area contributed by atoms with Crippen molar-refractivity contribution in [2.45, 2.75) is 18.9 Å².